The molecule has 0 aliphatic heterocycles. The number of benzene rings is 2. The van der Waals surface area contributed by atoms with E-state index in [1.54, 1.807) is 60.7 Å². The summed E-state index contributed by atoms with van der Waals surface area (Å²) in [6.45, 7) is -0.285. The van der Waals surface area contributed by atoms with Gasteiger partial charge >= 0.3 is 5.97 Å². The molecule has 3 rings (SSSR count). The van der Waals surface area contributed by atoms with Crippen LogP contribution in [0.1, 0.15) is 27.7 Å². The number of rotatable bonds is 8. The summed E-state index contributed by atoms with van der Waals surface area (Å²) < 4.78 is 35.9. The molecule has 0 fully saturated rings. The molecule has 1 unspecified atom stereocenters. The molecule has 0 spiro atoms. The van der Waals surface area contributed by atoms with Crippen molar-refractivity contribution in [3.63, 3.8) is 0 Å². The second-order valence-corrected chi connectivity index (χ2v) is 8.88. The van der Waals surface area contributed by atoms with E-state index in [1.807, 2.05) is 0 Å². The molecule has 3 aromatic rings. The zero-order chi connectivity index (χ0) is 22.4. The van der Waals surface area contributed by atoms with Gasteiger partial charge in [0.2, 0.25) is 5.09 Å². The van der Waals surface area contributed by atoms with Gasteiger partial charge in [0.05, 0.1) is 0 Å². The van der Waals surface area contributed by atoms with E-state index in [0.717, 1.165) is 4.31 Å². The number of hydrogen-bond donors (Lipinski definition) is 1. The van der Waals surface area contributed by atoms with Crippen LogP contribution in [0.3, 0.4) is 0 Å². The van der Waals surface area contributed by atoms with Crippen molar-refractivity contribution in [2.24, 2.45) is 0 Å². The molecule has 0 saturated heterocycles. The Morgan fingerprint density at radius 3 is 2.19 bits per heavy atom. The number of amides is 1. The van der Waals surface area contributed by atoms with Crippen LogP contribution in [-0.4, -0.2) is 38.7 Å². The van der Waals surface area contributed by atoms with Crippen molar-refractivity contribution in [2.45, 2.75) is 17.7 Å². The average molecular weight is 442 g/mol. The predicted molar refractivity (Wildman–Crippen MR) is 112 cm³/mol. The highest BCUT2D eigenvalue weighted by atomic mass is 32.2. The maximum atomic E-state index is 12.8. The Morgan fingerprint density at radius 1 is 0.968 bits per heavy atom. The number of carbonyl (C=O) groups is 2. The quantitative estimate of drug-likeness (QED) is 0.538. The second kappa shape index (κ2) is 9.59. The van der Waals surface area contributed by atoms with Crippen LogP contribution in [0.15, 0.2) is 82.3 Å². The zero-order valence-electron chi connectivity index (χ0n) is 17.0. The summed E-state index contributed by atoms with van der Waals surface area (Å²) in [5, 5.41) is 2.43. The molecule has 1 aromatic heterocycles. The zero-order valence-corrected chi connectivity index (χ0v) is 17.8. The molecule has 0 bridgehead atoms. The van der Waals surface area contributed by atoms with Gasteiger partial charge in [0.1, 0.15) is 12.4 Å². The van der Waals surface area contributed by atoms with Gasteiger partial charge in [0, 0.05) is 19.7 Å². The highest BCUT2D eigenvalue weighted by Gasteiger charge is 2.26. The number of ether oxygens (including phenoxy) is 1. The van der Waals surface area contributed by atoms with Crippen molar-refractivity contribution in [2.75, 3.05) is 14.1 Å². The van der Waals surface area contributed by atoms with E-state index in [9.17, 15) is 18.0 Å². The normalized spacial score (nSPS) is 12.4. The molecular formula is C22H22N2O6S. The fourth-order valence-electron chi connectivity index (χ4n) is 2.71. The van der Waals surface area contributed by atoms with E-state index in [-0.39, 0.29) is 17.5 Å². The van der Waals surface area contributed by atoms with Crippen LogP contribution in [0, 0.1) is 0 Å². The summed E-state index contributed by atoms with van der Waals surface area (Å²) >= 11 is 0. The van der Waals surface area contributed by atoms with Crippen LogP contribution in [0.5, 0.6) is 0 Å². The first-order valence-corrected chi connectivity index (χ1v) is 10.8. The molecule has 31 heavy (non-hydrogen) atoms. The lowest BCUT2D eigenvalue weighted by atomic mass is 10.1. The first-order chi connectivity index (χ1) is 14.8. The van der Waals surface area contributed by atoms with Crippen molar-refractivity contribution >= 4 is 21.9 Å². The number of furan rings is 1. The van der Waals surface area contributed by atoms with Crippen molar-refractivity contribution in [3.8, 4) is 0 Å². The number of sulfonamides is 1. The molecule has 2 aromatic carbocycles. The topological polar surface area (TPSA) is 106 Å². The van der Waals surface area contributed by atoms with Crippen LogP contribution < -0.4 is 5.32 Å². The molecule has 1 amide bonds. The standard InChI is InChI=1S/C22H22N2O6S/c1-24(2)31(27,28)19-14-13-18(30-19)15-29-22(26)20(16-9-5-3-6-10-16)23-21(25)17-11-7-4-8-12-17/h3-14,20H,15H2,1-2H3,(H,23,25). The lowest BCUT2D eigenvalue weighted by molar-refractivity contribution is -0.148. The molecule has 1 heterocycles. The summed E-state index contributed by atoms with van der Waals surface area (Å²) in [5.74, 6) is -0.970. The smallest absolute Gasteiger partial charge is 0.333 e. The number of nitrogens with one attached hydrogen (secondary N) is 1. The van der Waals surface area contributed by atoms with E-state index < -0.39 is 27.9 Å². The Labute approximate surface area is 180 Å². The summed E-state index contributed by atoms with van der Waals surface area (Å²) in [7, 11) is -0.959. The number of nitrogens with zero attached hydrogens (tertiary/aromatic N) is 1. The first kappa shape index (κ1) is 22.3. The van der Waals surface area contributed by atoms with Crippen LogP contribution >= 0.6 is 0 Å². The Balaban J connectivity index is 1.74. The van der Waals surface area contributed by atoms with Gasteiger partial charge in [-0.05, 0) is 29.8 Å². The minimum absolute atomic E-state index is 0.162. The van der Waals surface area contributed by atoms with Gasteiger partial charge in [-0.3, -0.25) is 4.79 Å². The van der Waals surface area contributed by atoms with Crippen LogP contribution in [-0.2, 0) is 26.2 Å². The molecule has 8 nitrogen and oxygen atoms in total. The van der Waals surface area contributed by atoms with Crippen LogP contribution in [0.2, 0.25) is 0 Å². The van der Waals surface area contributed by atoms with E-state index in [4.69, 9.17) is 9.15 Å². The Kier molecular flexibility index (Phi) is 6.88. The monoisotopic (exact) mass is 442 g/mol. The highest BCUT2D eigenvalue weighted by Crippen LogP contribution is 2.20. The molecule has 0 saturated carbocycles. The highest BCUT2D eigenvalue weighted by molar-refractivity contribution is 7.88. The van der Waals surface area contributed by atoms with E-state index in [0.29, 0.717) is 11.1 Å². The van der Waals surface area contributed by atoms with Gasteiger partial charge in [-0.15, -0.1) is 0 Å². The van der Waals surface area contributed by atoms with Gasteiger partial charge in [0.25, 0.3) is 15.9 Å². The second-order valence-electron chi connectivity index (χ2n) is 6.80. The van der Waals surface area contributed by atoms with Crippen LogP contribution in [0.25, 0.3) is 0 Å². The first-order valence-electron chi connectivity index (χ1n) is 9.38. The Morgan fingerprint density at radius 2 is 1.58 bits per heavy atom. The summed E-state index contributed by atoms with van der Waals surface area (Å²) in [6.07, 6.45) is 0. The van der Waals surface area contributed by atoms with E-state index in [1.165, 1.54) is 26.2 Å². The maximum Gasteiger partial charge on any atom is 0.333 e. The number of esters is 1. The third kappa shape index (κ3) is 5.39. The molecule has 1 atom stereocenters. The van der Waals surface area contributed by atoms with Gasteiger partial charge in [-0.25, -0.2) is 17.5 Å². The van der Waals surface area contributed by atoms with Crippen molar-refractivity contribution in [1.29, 1.82) is 0 Å². The van der Waals surface area contributed by atoms with Crippen molar-refractivity contribution in [3.05, 3.63) is 89.7 Å². The summed E-state index contributed by atoms with van der Waals surface area (Å²) in [5.41, 5.74) is 0.952. The Hall–Kier alpha value is -3.43. The lowest BCUT2D eigenvalue weighted by Crippen LogP contribution is -2.34. The third-order valence-corrected chi connectivity index (χ3v) is 6.10. The molecule has 1 N–H and O–H groups in total. The fraction of sp³-hybridized carbons (Fsp3) is 0.182. The van der Waals surface area contributed by atoms with Crippen LogP contribution in [0.4, 0.5) is 0 Å². The molecule has 0 radical (unpaired) electrons. The minimum atomic E-state index is -3.73. The summed E-state index contributed by atoms with van der Waals surface area (Å²) in [6, 6.07) is 18.9. The third-order valence-electron chi connectivity index (χ3n) is 4.41. The molecular weight excluding hydrogens is 420 g/mol. The largest absolute Gasteiger partial charge is 0.456 e. The lowest BCUT2D eigenvalue weighted by Gasteiger charge is -2.18. The Bertz CT molecular complexity index is 1140. The molecule has 0 aliphatic rings. The van der Waals surface area contributed by atoms with Gasteiger partial charge < -0.3 is 14.5 Å². The van der Waals surface area contributed by atoms with Gasteiger partial charge in [0.15, 0.2) is 6.04 Å². The number of carbonyl (C=O) groups excluding carboxylic acids is 2. The van der Waals surface area contributed by atoms with E-state index in [2.05, 4.69) is 5.32 Å². The van der Waals surface area contributed by atoms with Crippen molar-refractivity contribution < 1.29 is 27.2 Å². The minimum Gasteiger partial charge on any atom is -0.456 e. The maximum absolute atomic E-state index is 12.8. The van der Waals surface area contributed by atoms with Gasteiger partial charge in [-0.2, -0.15) is 0 Å². The SMILES string of the molecule is CN(C)S(=O)(=O)c1ccc(COC(=O)C(NC(=O)c2ccccc2)c2ccccc2)o1. The summed E-state index contributed by atoms with van der Waals surface area (Å²) in [4.78, 5) is 25.4. The predicted octanol–water partition coefficient (Wildman–Crippen LogP) is 2.74. The van der Waals surface area contributed by atoms with Crippen molar-refractivity contribution in [1.82, 2.24) is 9.62 Å². The average Bonchev–Trinajstić information content (AvgIpc) is 3.26. The molecule has 162 valence electrons. The van der Waals surface area contributed by atoms with E-state index >= 15 is 0 Å². The molecule has 0 aliphatic carbocycles. The number of hydrogen-bond acceptors (Lipinski definition) is 6. The van der Waals surface area contributed by atoms with Gasteiger partial charge in [-0.1, -0.05) is 48.5 Å². The molecule has 9 heteroatoms. The fourth-order valence-corrected chi connectivity index (χ4v) is 3.52.